The van der Waals surface area contributed by atoms with E-state index >= 15 is 0 Å². The van der Waals surface area contributed by atoms with E-state index < -0.39 is 23.7 Å². The number of rotatable bonds is 4. The Labute approximate surface area is 143 Å². The Bertz CT molecular complexity index is 746. The van der Waals surface area contributed by atoms with Crippen LogP contribution in [0.5, 0.6) is 0 Å². The van der Waals surface area contributed by atoms with Crippen LogP contribution in [0.4, 0.5) is 23.7 Å². The normalized spacial score (nSPS) is 18.0. The molecule has 1 fully saturated rings. The van der Waals surface area contributed by atoms with Gasteiger partial charge in [0.1, 0.15) is 17.5 Å². The van der Waals surface area contributed by atoms with Crippen molar-refractivity contribution in [1.82, 2.24) is 5.32 Å². The van der Waals surface area contributed by atoms with E-state index in [0.717, 1.165) is 25.0 Å². The zero-order chi connectivity index (χ0) is 17.8. The largest absolute Gasteiger partial charge is 0.376 e. The molecule has 132 valence electrons. The SMILES string of the molecule is O=C(Nc1ccc(F)cc1F)NC(c1ccc(F)cc1)C1CCCO1. The summed E-state index contributed by atoms with van der Waals surface area (Å²) in [5, 5.41) is 5.08. The quantitative estimate of drug-likeness (QED) is 0.870. The summed E-state index contributed by atoms with van der Waals surface area (Å²) in [4.78, 5) is 12.2. The summed E-state index contributed by atoms with van der Waals surface area (Å²) in [6.45, 7) is 0.582. The predicted octanol–water partition coefficient (Wildman–Crippen LogP) is 4.15. The molecule has 0 aliphatic carbocycles. The maximum Gasteiger partial charge on any atom is 0.319 e. The van der Waals surface area contributed by atoms with E-state index in [9.17, 15) is 18.0 Å². The highest BCUT2D eigenvalue weighted by Crippen LogP contribution is 2.27. The van der Waals surface area contributed by atoms with Crippen LogP contribution in [-0.2, 0) is 4.74 Å². The Hall–Kier alpha value is -2.54. The lowest BCUT2D eigenvalue weighted by Gasteiger charge is -2.25. The van der Waals surface area contributed by atoms with Gasteiger partial charge >= 0.3 is 6.03 Å². The van der Waals surface area contributed by atoms with Crippen LogP contribution in [0.1, 0.15) is 24.4 Å². The van der Waals surface area contributed by atoms with Gasteiger partial charge in [-0.25, -0.2) is 18.0 Å². The molecule has 0 saturated carbocycles. The molecule has 1 aliphatic heterocycles. The van der Waals surface area contributed by atoms with Gasteiger partial charge in [0, 0.05) is 12.7 Å². The fourth-order valence-electron chi connectivity index (χ4n) is 2.82. The van der Waals surface area contributed by atoms with Crippen LogP contribution in [0.15, 0.2) is 42.5 Å². The molecule has 2 amide bonds. The van der Waals surface area contributed by atoms with Crippen LogP contribution >= 0.6 is 0 Å². The number of nitrogens with one attached hydrogen (secondary N) is 2. The van der Waals surface area contributed by atoms with Gasteiger partial charge in [0.2, 0.25) is 0 Å². The molecule has 2 N–H and O–H groups in total. The number of anilines is 1. The van der Waals surface area contributed by atoms with Crippen molar-refractivity contribution in [2.75, 3.05) is 11.9 Å². The fraction of sp³-hybridized carbons (Fsp3) is 0.278. The molecule has 25 heavy (non-hydrogen) atoms. The zero-order valence-electron chi connectivity index (χ0n) is 13.3. The summed E-state index contributed by atoms with van der Waals surface area (Å²) in [6.07, 6.45) is 1.35. The number of carbonyl (C=O) groups excluding carboxylic acids is 1. The van der Waals surface area contributed by atoms with Gasteiger partial charge in [0.05, 0.1) is 17.8 Å². The highest BCUT2D eigenvalue weighted by Gasteiger charge is 2.29. The predicted molar refractivity (Wildman–Crippen MR) is 86.6 cm³/mol. The first-order chi connectivity index (χ1) is 12.0. The summed E-state index contributed by atoms with van der Waals surface area (Å²) in [6, 6.07) is 7.46. The molecule has 1 aliphatic rings. The van der Waals surface area contributed by atoms with Gasteiger partial charge in [-0.3, -0.25) is 0 Å². The van der Waals surface area contributed by atoms with Crippen molar-refractivity contribution < 1.29 is 22.7 Å². The average Bonchev–Trinajstić information content (AvgIpc) is 3.10. The molecule has 1 saturated heterocycles. The minimum atomic E-state index is -0.870. The molecule has 0 aromatic heterocycles. The van der Waals surface area contributed by atoms with Gasteiger partial charge in [0.15, 0.2) is 0 Å². The van der Waals surface area contributed by atoms with Gasteiger partial charge in [-0.2, -0.15) is 0 Å². The molecule has 2 aromatic carbocycles. The van der Waals surface area contributed by atoms with Crippen molar-refractivity contribution >= 4 is 11.7 Å². The highest BCUT2D eigenvalue weighted by molar-refractivity contribution is 5.89. The topological polar surface area (TPSA) is 50.4 Å². The smallest absolute Gasteiger partial charge is 0.319 e. The Morgan fingerprint density at radius 3 is 2.44 bits per heavy atom. The van der Waals surface area contributed by atoms with Crippen molar-refractivity contribution in [2.24, 2.45) is 0 Å². The minimum Gasteiger partial charge on any atom is -0.376 e. The van der Waals surface area contributed by atoms with E-state index in [4.69, 9.17) is 4.74 Å². The molecule has 0 spiro atoms. The van der Waals surface area contributed by atoms with Crippen LogP contribution in [0.3, 0.4) is 0 Å². The van der Waals surface area contributed by atoms with Crippen LogP contribution in [0.2, 0.25) is 0 Å². The third kappa shape index (κ3) is 4.30. The fourth-order valence-corrected chi connectivity index (χ4v) is 2.82. The number of carbonyl (C=O) groups is 1. The minimum absolute atomic E-state index is 0.135. The maximum atomic E-state index is 13.7. The number of hydrogen-bond acceptors (Lipinski definition) is 2. The van der Waals surface area contributed by atoms with E-state index in [1.165, 1.54) is 12.1 Å². The van der Waals surface area contributed by atoms with Gasteiger partial charge in [0.25, 0.3) is 0 Å². The van der Waals surface area contributed by atoms with Crippen LogP contribution in [0.25, 0.3) is 0 Å². The highest BCUT2D eigenvalue weighted by atomic mass is 19.1. The van der Waals surface area contributed by atoms with Gasteiger partial charge in [-0.1, -0.05) is 12.1 Å². The first-order valence-electron chi connectivity index (χ1n) is 7.92. The Morgan fingerprint density at radius 1 is 1.08 bits per heavy atom. The van der Waals surface area contributed by atoms with Crippen LogP contribution < -0.4 is 10.6 Å². The van der Waals surface area contributed by atoms with Crippen molar-refractivity contribution in [2.45, 2.75) is 25.0 Å². The van der Waals surface area contributed by atoms with Crippen molar-refractivity contribution in [1.29, 1.82) is 0 Å². The van der Waals surface area contributed by atoms with Crippen molar-refractivity contribution in [3.05, 3.63) is 65.5 Å². The monoisotopic (exact) mass is 350 g/mol. The lowest BCUT2D eigenvalue weighted by atomic mass is 9.99. The number of amides is 2. The third-order valence-electron chi connectivity index (χ3n) is 4.03. The molecule has 2 unspecified atom stereocenters. The van der Waals surface area contributed by atoms with Crippen LogP contribution in [0, 0.1) is 17.5 Å². The maximum absolute atomic E-state index is 13.7. The number of urea groups is 1. The molecule has 2 atom stereocenters. The molecule has 7 heteroatoms. The molecule has 0 bridgehead atoms. The van der Waals surface area contributed by atoms with Crippen LogP contribution in [-0.4, -0.2) is 18.7 Å². The lowest BCUT2D eigenvalue weighted by molar-refractivity contribution is 0.0815. The second kappa shape index (κ2) is 7.57. The van der Waals surface area contributed by atoms with E-state index in [1.807, 2.05) is 0 Å². The average molecular weight is 350 g/mol. The second-order valence-corrected chi connectivity index (χ2v) is 5.80. The Kier molecular flexibility index (Phi) is 5.23. The Balaban J connectivity index is 1.75. The molecular weight excluding hydrogens is 333 g/mol. The summed E-state index contributed by atoms with van der Waals surface area (Å²) in [5.74, 6) is -1.98. The standard InChI is InChI=1S/C18H17F3N2O2/c19-12-5-3-11(4-6-12)17(16-2-1-9-25-16)23-18(24)22-15-8-7-13(20)10-14(15)21/h3-8,10,16-17H,1-2,9H2,(H2,22,23,24). The van der Waals surface area contributed by atoms with Gasteiger partial charge in [-0.05, 0) is 42.7 Å². The molecule has 2 aromatic rings. The van der Waals surface area contributed by atoms with E-state index in [2.05, 4.69) is 10.6 Å². The number of benzene rings is 2. The zero-order valence-corrected chi connectivity index (χ0v) is 13.3. The summed E-state index contributed by atoms with van der Waals surface area (Å²) in [7, 11) is 0. The molecule has 0 radical (unpaired) electrons. The third-order valence-corrected chi connectivity index (χ3v) is 4.03. The summed E-state index contributed by atoms with van der Waals surface area (Å²) in [5.41, 5.74) is 0.548. The van der Waals surface area contributed by atoms with Gasteiger partial charge in [-0.15, -0.1) is 0 Å². The van der Waals surface area contributed by atoms with E-state index in [1.54, 1.807) is 12.1 Å². The van der Waals surface area contributed by atoms with Crippen molar-refractivity contribution in [3.63, 3.8) is 0 Å². The molecule has 4 nitrogen and oxygen atoms in total. The molecule has 1 heterocycles. The Morgan fingerprint density at radius 2 is 1.80 bits per heavy atom. The molecule has 3 rings (SSSR count). The molecular formula is C18H17F3N2O2. The number of halogens is 3. The second-order valence-electron chi connectivity index (χ2n) is 5.80. The van der Waals surface area contributed by atoms with Crippen molar-refractivity contribution in [3.8, 4) is 0 Å². The number of ether oxygens (including phenoxy) is 1. The van der Waals surface area contributed by atoms with E-state index in [0.29, 0.717) is 18.2 Å². The first kappa shape index (κ1) is 17.3. The van der Waals surface area contributed by atoms with Gasteiger partial charge < -0.3 is 15.4 Å². The summed E-state index contributed by atoms with van der Waals surface area (Å²) >= 11 is 0. The number of hydrogen-bond donors (Lipinski definition) is 2. The lowest BCUT2D eigenvalue weighted by Crippen LogP contribution is -2.38. The first-order valence-corrected chi connectivity index (χ1v) is 7.92. The van der Waals surface area contributed by atoms with E-state index in [-0.39, 0.29) is 17.6 Å². The summed E-state index contributed by atoms with van der Waals surface area (Å²) < 4.78 is 45.4.